The minimum atomic E-state index is -0.480. The number of carbonyl (C=O) groups is 1. The summed E-state index contributed by atoms with van der Waals surface area (Å²) in [5, 5.41) is 16.5. The Morgan fingerprint density at radius 3 is 2.85 bits per heavy atom. The molecule has 0 aliphatic carbocycles. The first-order valence-electron chi connectivity index (χ1n) is 6.37. The standard InChI is InChI=1S/C11H17N5O4/c1-9-10(16(18)19)8-15(12-9)3-2-11(17)13-14-4-6-20-7-5-14/h8H,2-7H2,1H3,(H,13,17). The number of nitrogens with one attached hydrogen (secondary N) is 1. The van der Waals surface area contributed by atoms with Crippen LogP contribution in [0.2, 0.25) is 0 Å². The summed E-state index contributed by atoms with van der Waals surface area (Å²) in [5.41, 5.74) is 3.09. The van der Waals surface area contributed by atoms with E-state index in [-0.39, 0.29) is 18.0 Å². The Balaban J connectivity index is 1.80. The second kappa shape index (κ2) is 6.44. The van der Waals surface area contributed by atoms with Gasteiger partial charge in [-0.15, -0.1) is 0 Å². The Bertz CT molecular complexity index is 495. The van der Waals surface area contributed by atoms with Crippen molar-refractivity contribution in [2.75, 3.05) is 26.3 Å². The molecular formula is C11H17N5O4. The van der Waals surface area contributed by atoms with E-state index in [9.17, 15) is 14.9 Å². The number of carbonyl (C=O) groups excluding carboxylic acids is 1. The van der Waals surface area contributed by atoms with Crippen LogP contribution in [0.25, 0.3) is 0 Å². The zero-order valence-corrected chi connectivity index (χ0v) is 11.2. The average Bonchev–Trinajstić information content (AvgIpc) is 2.79. The lowest BCUT2D eigenvalue weighted by atomic mass is 10.4. The fourth-order valence-corrected chi connectivity index (χ4v) is 1.92. The second-order valence-electron chi connectivity index (χ2n) is 4.50. The second-order valence-corrected chi connectivity index (χ2v) is 4.50. The number of ether oxygens (including phenoxy) is 1. The highest BCUT2D eigenvalue weighted by molar-refractivity contribution is 5.75. The van der Waals surface area contributed by atoms with Crippen LogP contribution in [0.5, 0.6) is 0 Å². The SMILES string of the molecule is Cc1nn(CCC(=O)NN2CCOCC2)cc1[N+](=O)[O-]. The molecule has 2 heterocycles. The van der Waals surface area contributed by atoms with E-state index in [2.05, 4.69) is 10.5 Å². The molecule has 0 bridgehead atoms. The van der Waals surface area contributed by atoms with Gasteiger partial charge < -0.3 is 4.74 Å². The summed E-state index contributed by atoms with van der Waals surface area (Å²) in [7, 11) is 0. The van der Waals surface area contributed by atoms with E-state index in [0.717, 1.165) is 0 Å². The van der Waals surface area contributed by atoms with Crippen LogP contribution in [-0.2, 0) is 16.1 Å². The van der Waals surface area contributed by atoms with Crippen molar-refractivity contribution in [2.24, 2.45) is 0 Å². The van der Waals surface area contributed by atoms with Gasteiger partial charge in [-0.3, -0.25) is 25.0 Å². The van der Waals surface area contributed by atoms with Gasteiger partial charge in [0.15, 0.2) is 0 Å². The van der Waals surface area contributed by atoms with Crippen molar-refractivity contribution < 1.29 is 14.5 Å². The lowest BCUT2D eigenvalue weighted by Crippen LogP contribution is -2.48. The van der Waals surface area contributed by atoms with Crippen molar-refractivity contribution in [3.8, 4) is 0 Å². The predicted molar refractivity (Wildman–Crippen MR) is 68.8 cm³/mol. The lowest BCUT2D eigenvalue weighted by Gasteiger charge is -2.26. The third kappa shape index (κ3) is 3.75. The fraction of sp³-hybridized carbons (Fsp3) is 0.636. The zero-order chi connectivity index (χ0) is 14.5. The van der Waals surface area contributed by atoms with Crippen molar-refractivity contribution in [1.29, 1.82) is 0 Å². The van der Waals surface area contributed by atoms with Crippen LogP contribution in [0.3, 0.4) is 0 Å². The number of nitrogens with zero attached hydrogens (tertiary/aromatic N) is 4. The molecule has 1 N–H and O–H groups in total. The molecule has 1 aromatic rings. The van der Waals surface area contributed by atoms with E-state index in [0.29, 0.717) is 38.5 Å². The van der Waals surface area contributed by atoms with Gasteiger partial charge in [0.1, 0.15) is 11.9 Å². The third-order valence-electron chi connectivity index (χ3n) is 2.98. The number of aryl methyl sites for hydroxylation is 2. The van der Waals surface area contributed by atoms with E-state index >= 15 is 0 Å². The summed E-state index contributed by atoms with van der Waals surface area (Å²) in [4.78, 5) is 22.0. The van der Waals surface area contributed by atoms with E-state index < -0.39 is 4.92 Å². The molecule has 0 aromatic carbocycles. The average molecular weight is 283 g/mol. The van der Waals surface area contributed by atoms with Gasteiger partial charge in [-0.2, -0.15) is 5.10 Å². The van der Waals surface area contributed by atoms with Crippen LogP contribution in [0.1, 0.15) is 12.1 Å². The number of amides is 1. The Morgan fingerprint density at radius 2 is 2.25 bits per heavy atom. The molecule has 1 aromatic heterocycles. The molecule has 0 saturated carbocycles. The predicted octanol–water partition coefficient (Wildman–Crippen LogP) is -0.147. The summed E-state index contributed by atoms with van der Waals surface area (Å²) in [5.74, 6) is -0.136. The van der Waals surface area contributed by atoms with E-state index in [1.54, 1.807) is 6.92 Å². The van der Waals surface area contributed by atoms with Crippen LogP contribution >= 0.6 is 0 Å². The molecular weight excluding hydrogens is 266 g/mol. The van der Waals surface area contributed by atoms with Crippen molar-refractivity contribution in [2.45, 2.75) is 19.9 Å². The van der Waals surface area contributed by atoms with Crippen LogP contribution in [-0.4, -0.2) is 51.9 Å². The molecule has 1 aliphatic heterocycles. The number of nitro groups is 1. The maximum Gasteiger partial charge on any atom is 0.309 e. The number of rotatable bonds is 5. The Labute approximate surface area is 115 Å². The smallest absolute Gasteiger partial charge is 0.309 e. The zero-order valence-electron chi connectivity index (χ0n) is 11.2. The number of hydrogen-bond donors (Lipinski definition) is 1. The first kappa shape index (κ1) is 14.4. The highest BCUT2D eigenvalue weighted by Crippen LogP contribution is 2.14. The van der Waals surface area contributed by atoms with Crippen LogP contribution in [0, 0.1) is 17.0 Å². The highest BCUT2D eigenvalue weighted by Gasteiger charge is 2.16. The van der Waals surface area contributed by atoms with Crippen LogP contribution < -0.4 is 5.43 Å². The molecule has 110 valence electrons. The maximum atomic E-state index is 11.7. The van der Waals surface area contributed by atoms with Gasteiger partial charge in [0.2, 0.25) is 5.91 Å². The molecule has 9 heteroatoms. The Kier molecular flexibility index (Phi) is 4.64. The van der Waals surface area contributed by atoms with E-state index in [4.69, 9.17) is 4.74 Å². The van der Waals surface area contributed by atoms with Gasteiger partial charge in [-0.05, 0) is 6.92 Å². The van der Waals surface area contributed by atoms with Crippen molar-refractivity contribution in [3.63, 3.8) is 0 Å². The van der Waals surface area contributed by atoms with Gasteiger partial charge in [0.05, 0.1) is 24.7 Å². The van der Waals surface area contributed by atoms with Gasteiger partial charge >= 0.3 is 5.69 Å². The summed E-state index contributed by atoms with van der Waals surface area (Å²) >= 11 is 0. The normalized spacial score (nSPS) is 16.1. The van der Waals surface area contributed by atoms with Gasteiger partial charge in [-0.25, -0.2) is 5.01 Å². The molecule has 20 heavy (non-hydrogen) atoms. The van der Waals surface area contributed by atoms with Gasteiger partial charge in [-0.1, -0.05) is 0 Å². The topological polar surface area (TPSA) is 103 Å². The molecule has 1 amide bonds. The first-order valence-corrected chi connectivity index (χ1v) is 6.37. The number of morpholine rings is 1. The number of hydrazine groups is 1. The Morgan fingerprint density at radius 1 is 1.55 bits per heavy atom. The molecule has 0 spiro atoms. The van der Waals surface area contributed by atoms with Crippen molar-refractivity contribution in [3.05, 3.63) is 22.0 Å². The highest BCUT2D eigenvalue weighted by atomic mass is 16.6. The molecule has 2 rings (SSSR count). The molecule has 1 aliphatic rings. The van der Waals surface area contributed by atoms with Gasteiger partial charge in [0, 0.05) is 19.5 Å². The maximum absolute atomic E-state index is 11.7. The third-order valence-corrected chi connectivity index (χ3v) is 2.98. The fourth-order valence-electron chi connectivity index (χ4n) is 1.92. The molecule has 0 radical (unpaired) electrons. The monoisotopic (exact) mass is 283 g/mol. The summed E-state index contributed by atoms with van der Waals surface area (Å²) in [6.45, 7) is 4.42. The number of aromatic nitrogens is 2. The molecule has 1 saturated heterocycles. The largest absolute Gasteiger partial charge is 0.379 e. The Hall–Kier alpha value is -2.00. The quantitative estimate of drug-likeness (QED) is 0.595. The molecule has 0 unspecified atom stereocenters. The van der Waals surface area contributed by atoms with Crippen molar-refractivity contribution in [1.82, 2.24) is 20.2 Å². The van der Waals surface area contributed by atoms with E-state index in [1.165, 1.54) is 10.9 Å². The summed E-state index contributed by atoms with van der Waals surface area (Å²) in [6, 6.07) is 0. The molecule has 0 atom stereocenters. The number of hydrogen-bond acceptors (Lipinski definition) is 6. The van der Waals surface area contributed by atoms with Crippen LogP contribution in [0.15, 0.2) is 6.20 Å². The minimum absolute atomic E-state index is 0.0291. The van der Waals surface area contributed by atoms with E-state index in [1.807, 2.05) is 5.01 Å². The van der Waals surface area contributed by atoms with Crippen LogP contribution in [0.4, 0.5) is 5.69 Å². The molecule has 1 fully saturated rings. The summed E-state index contributed by atoms with van der Waals surface area (Å²) < 4.78 is 6.60. The van der Waals surface area contributed by atoms with Crippen molar-refractivity contribution >= 4 is 11.6 Å². The summed E-state index contributed by atoms with van der Waals surface area (Å²) in [6.07, 6.45) is 1.56. The lowest BCUT2D eigenvalue weighted by molar-refractivity contribution is -0.385. The molecule has 9 nitrogen and oxygen atoms in total. The van der Waals surface area contributed by atoms with Gasteiger partial charge in [0.25, 0.3) is 0 Å². The minimum Gasteiger partial charge on any atom is -0.379 e. The first-order chi connectivity index (χ1) is 9.56.